The molecule has 1 aromatic rings. The standard InChI is InChI=1S/C10H13BrO2/c11-6-10(12)8-13-7-9-4-2-1-3-5-9/h1-5,10,12H,6-8H2/t10-/m1/s1. The number of rotatable bonds is 5. The lowest BCUT2D eigenvalue weighted by atomic mass is 10.2. The van der Waals surface area contributed by atoms with Crippen molar-refractivity contribution in [1.82, 2.24) is 0 Å². The van der Waals surface area contributed by atoms with Gasteiger partial charge >= 0.3 is 0 Å². The molecule has 0 amide bonds. The van der Waals surface area contributed by atoms with Crippen molar-refractivity contribution in [2.45, 2.75) is 12.7 Å². The fraction of sp³-hybridized carbons (Fsp3) is 0.400. The van der Waals surface area contributed by atoms with E-state index >= 15 is 0 Å². The van der Waals surface area contributed by atoms with E-state index in [4.69, 9.17) is 9.84 Å². The summed E-state index contributed by atoms with van der Waals surface area (Å²) < 4.78 is 5.29. The summed E-state index contributed by atoms with van der Waals surface area (Å²) in [5.41, 5.74) is 1.13. The maximum Gasteiger partial charge on any atom is 0.0870 e. The molecular weight excluding hydrogens is 232 g/mol. The van der Waals surface area contributed by atoms with Gasteiger partial charge in [-0.1, -0.05) is 46.3 Å². The number of alkyl halides is 1. The zero-order valence-electron chi connectivity index (χ0n) is 7.32. The third-order valence-electron chi connectivity index (χ3n) is 1.60. The predicted octanol–water partition coefficient (Wildman–Crippen LogP) is 1.96. The van der Waals surface area contributed by atoms with E-state index in [0.717, 1.165) is 5.56 Å². The Bertz CT molecular complexity index is 226. The zero-order valence-corrected chi connectivity index (χ0v) is 8.90. The quantitative estimate of drug-likeness (QED) is 0.803. The van der Waals surface area contributed by atoms with Crippen LogP contribution in [0.1, 0.15) is 5.56 Å². The minimum atomic E-state index is -0.413. The largest absolute Gasteiger partial charge is 0.390 e. The number of aliphatic hydroxyl groups excluding tert-OH is 1. The van der Waals surface area contributed by atoms with Crippen LogP contribution in [0.3, 0.4) is 0 Å². The fourth-order valence-electron chi connectivity index (χ4n) is 0.932. The minimum absolute atomic E-state index is 0.375. The van der Waals surface area contributed by atoms with Gasteiger partial charge in [0.05, 0.1) is 19.3 Å². The van der Waals surface area contributed by atoms with Crippen molar-refractivity contribution in [2.24, 2.45) is 0 Å². The molecule has 72 valence electrons. The van der Waals surface area contributed by atoms with Gasteiger partial charge in [0.1, 0.15) is 0 Å². The molecule has 1 N–H and O–H groups in total. The molecule has 1 atom stereocenters. The first-order valence-corrected chi connectivity index (χ1v) is 5.31. The molecule has 3 heteroatoms. The van der Waals surface area contributed by atoms with Gasteiger partial charge in [0.25, 0.3) is 0 Å². The van der Waals surface area contributed by atoms with Gasteiger partial charge in [0.2, 0.25) is 0 Å². The van der Waals surface area contributed by atoms with Gasteiger partial charge in [-0.25, -0.2) is 0 Å². The first-order valence-electron chi connectivity index (χ1n) is 4.18. The highest BCUT2D eigenvalue weighted by atomic mass is 79.9. The first kappa shape index (κ1) is 10.7. The van der Waals surface area contributed by atoms with Gasteiger partial charge in [-0.15, -0.1) is 0 Å². The van der Waals surface area contributed by atoms with Gasteiger partial charge in [0, 0.05) is 5.33 Å². The number of aliphatic hydroxyl groups is 1. The van der Waals surface area contributed by atoms with E-state index in [1.54, 1.807) is 0 Å². The molecule has 0 aliphatic rings. The van der Waals surface area contributed by atoms with Crippen LogP contribution in [0.15, 0.2) is 30.3 Å². The molecule has 0 heterocycles. The average Bonchev–Trinajstić information content (AvgIpc) is 2.19. The van der Waals surface area contributed by atoms with Crippen LogP contribution in [-0.4, -0.2) is 23.1 Å². The molecule has 0 unspecified atom stereocenters. The molecule has 0 aliphatic carbocycles. The number of halogens is 1. The van der Waals surface area contributed by atoms with Crippen LogP contribution < -0.4 is 0 Å². The average molecular weight is 245 g/mol. The zero-order chi connectivity index (χ0) is 9.52. The molecule has 0 saturated heterocycles. The van der Waals surface area contributed by atoms with Crippen molar-refractivity contribution in [1.29, 1.82) is 0 Å². The molecule has 0 spiro atoms. The molecule has 0 aromatic heterocycles. The van der Waals surface area contributed by atoms with Gasteiger partial charge < -0.3 is 9.84 Å². The van der Waals surface area contributed by atoms with Gasteiger partial charge in [0.15, 0.2) is 0 Å². The Balaban J connectivity index is 2.20. The van der Waals surface area contributed by atoms with Crippen LogP contribution in [0.2, 0.25) is 0 Å². The van der Waals surface area contributed by atoms with E-state index in [1.807, 2.05) is 30.3 Å². The Morgan fingerprint density at radius 2 is 2.00 bits per heavy atom. The Morgan fingerprint density at radius 3 is 2.62 bits per heavy atom. The predicted molar refractivity (Wildman–Crippen MR) is 55.9 cm³/mol. The summed E-state index contributed by atoms with van der Waals surface area (Å²) in [7, 11) is 0. The van der Waals surface area contributed by atoms with Crippen LogP contribution in [0.4, 0.5) is 0 Å². The van der Waals surface area contributed by atoms with Crippen molar-refractivity contribution < 1.29 is 9.84 Å². The molecule has 0 aliphatic heterocycles. The van der Waals surface area contributed by atoms with Crippen molar-refractivity contribution in [3.05, 3.63) is 35.9 Å². The lowest BCUT2D eigenvalue weighted by molar-refractivity contribution is 0.0403. The Morgan fingerprint density at radius 1 is 1.31 bits per heavy atom. The highest BCUT2D eigenvalue weighted by molar-refractivity contribution is 9.09. The Labute approximate surface area is 86.7 Å². The Kier molecular flexibility index (Phi) is 5.05. The van der Waals surface area contributed by atoms with Crippen molar-refractivity contribution in [2.75, 3.05) is 11.9 Å². The summed E-state index contributed by atoms with van der Waals surface area (Å²) >= 11 is 3.17. The lowest BCUT2D eigenvalue weighted by Gasteiger charge is -2.07. The third-order valence-corrected chi connectivity index (χ3v) is 2.35. The van der Waals surface area contributed by atoms with Crippen molar-refractivity contribution >= 4 is 15.9 Å². The van der Waals surface area contributed by atoms with Crippen LogP contribution in [-0.2, 0) is 11.3 Å². The van der Waals surface area contributed by atoms with Crippen molar-refractivity contribution in [3.63, 3.8) is 0 Å². The number of benzene rings is 1. The molecule has 0 fully saturated rings. The maximum absolute atomic E-state index is 9.16. The lowest BCUT2D eigenvalue weighted by Crippen LogP contribution is -2.16. The molecule has 1 aromatic carbocycles. The molecule has 0 saturated carbocycles. The monoisotopic (exact) mass is 244 g/mol. The smallest absolute Gasteiger partial charge is 0.0870 e. The summed E-state index contributed by atoms with van der Waals surface area (Å²) in [6, 6.07) is 9.91. The molecule has 13 heavy (non-hydrogen) atoms. The Hall–Kier alpha value is -0.380. The third kappa shape index (κ3) is 4.41. The number of hydrogen-bond acceptors (Lipinski definition) is 2. The highest BCUT2D eigenvalue weighted by Crippen LogP contribution is 2.01. The van der Waals surface area contributed by atoms with Gasteiger partial charge in [-0.2, -0.15) is 0 Å². The van der Waals surface area contributed by atoms with Crippen molar-refractivity contribution in [3.8, 4) is 0 Å². The molecular formula is C10H13BrO2. The molecule has 0 radical (unpaired) electrons. The van der Waals surface area contributed by atoms with E-state index in [-0.39, 0.29) is 0 Å². The van der Waals surface area contributed by atoms with Crippen LogP contribution in [0.25, 0.3) is 0 Å². The fourth-order valence-corrected chi connectivity index (χ4v) is 1.12. The number of ether oxygens (including phenoxy) is 1. The summed E-state index contributed by atoms with van der Waals surface area (Å²) in [6.07, 6.45) is -0.413. The second-order valence-corrected chi connectivity index (χ2v) is 3.46. The first-order chi connectivity index (χ1) is 6.33. The molecule has 1 rings (SSSR count). The van der Waals surface area contributed by atoms with E-state index in [9.17, 15) is 0 Å². The normalized spacial score (nSPS) is 12.8. The second-order valence-electron chi connectivity index (χ2n) is 2.81. The van der Waals surface area contributed by atoms with E-state index in [0.29, 0.717) is 18.5 Å². The van der Waals surface area contributed by atoms with Crippen LogP contribution >= 0.6 is 15.9 Å². The molecule has 2 nitrogen and oxygen atoms in total. The SMILES string of the molecule is O[C@H](CBr)COCc1ccccc1. The summed E-state index contributed by atoms with van der Waals surface area (Å²) in [6.45, 7) is 0.936. The summed E-state index contributed by atoms with van der Waals surface area (Å²) in [4.78, 5) is 0. The van der Waals surface area contributed by atoms with E-state index in [1.165, 1.54) is 0 Å². The van der Waals surface area contributed by atoms with Crippen LogP contribution in [0.5, 0.6) is 0 Å². The second kappa shape index (κ2) is 6.13. The van der Waals surface area contributed by atoms with Crippen LogP contribution in [0, 0.1) is 0 Å². The molecule has 0 bridgehead atoms. The minimum Gasteiger partial charge on any atom is -0.390 e. The van der Waals surface area contributed by atoms with Gasteiger partial charge in [-0.3, -0.25) is 0 Å². The number of hydrogen-bond donors (Lipinski definition) is 1. The topological polar surface area (TPSA) is 29.5 Å². The van der Waals surface area contributed by atoms with E-state index in [2.05, 4.69) is 15.9 Å². The van der Waals surface area contributed by atoms with Gasteiger partial charge in [-0.05, 0) is 5.56 Å². The van der Waals surface area contributed by atoms with E-state index < -0.39 is 6.10 Å². The highest BCUT2D eigenvalue weighted by Gasteiger charge is 2.00. The summed E-state index contributed by atoms with van der Waals surface area (Å²) in [5.74, 6) is 0. The summed E-state index contributed by atoms with van der Waals surface area (Å²) in [5, 5.41) is 9.72. The maximum atomic E-state index is 9.16.